The Labute approximate surface area is 107 Å². The largest absolute Gasteiger partial charge is 0.464 e. The SMILES string of the molecule is COC(=O)c1cc(C)cc(N2CCO[C@H](C)C2)n1. The first-order valence-electron chi connectivity index (χ1n) is 6.03. The van der Waals surface area contributed by atoms with Crippen molar-refractivity contribution in [2.75, 3.05) is 31.7 Å². The predicted octanol–water partition coefficient (Wildman–Crippen LogP) is 1.40. The van der Waals surface area contributed by atoms with Gasteiger partial charge in [0.2, 0.25) is 0 Å². The summed E-state index contributed by atoms with van der Waals surface area (Å²) in [6.07, 6.45) is 0.183. The highest BCUT2D eigenvalue weighted by Gasteiger charge is 2.19. The summed E-state index contributed by atoms with van der Waals surface area (Å²) in [7, 11) is 1.36. The Bertz CT molecular complexity index is 448. The lowest BCUT2D eigenvalue weighted by Gasteiger charge is -2.32. The Morgan fingerprint density at radius 1 is 1.56 bits per heavy atom. The van der Waals surface area contributed by atoms with Crippen molar-refractivity contribution in [1.82, 2.24) is 4.98 Å². The number of nitrogens with zero attached hydrogens (tertiary/aromatic N) is 2. The van der Waals surface area contributed by atoms with Crippen LogP contribution in [0.1, 0.15) is 23.0 Å². The fraction of sp³-hybridized carbons (Fsp3) is 0.538. The maximum atomic E-state index is 11.5. The lowest BCUT2D eigenvalue weighted by Crippen LogP contribution is -2.41. The van der Waals surface area contributed by atoms with Crippen LogP contribution in [0.15, 0.2) is 12.1 Å². The predicted molar refractivity (Wildman–Crippen MR) is 67.9 cm³/mol. The molecule has 18 heavy (non-hydrogen) atoms. The molecule has 5 heteroatoms. The molecule has 98 valence electrons. The molecule has 0 radical (unpaired) electrons. The van der Waals surface area contributed by atoms with Crippen LogP contribution in [0.3, 0.4) is 0 Å². The summed E-state index contributed by atoms with van der Waals surface area (Å²) in [5, 5.41) is 0. The quantitative estimate of drug-likeness (QED) is 0.743. The summed E-state index contributed by atoms with van der Waals surface area (Å²) < 4.78 is 10.2. The third-order valence-electron chi connectivity index (χ3n) is 2.92. The zero-order valence-corrected chi connectivity index (χ0v) is 11.0. The second kappa shape index (κ2) is 5.35. The van der Waals surface area contributed by atoms with Gasteiger partial charge in [0.25, 0.3) is 0 Å². The average Bonchev–Trinajstić information content (AvgIpc) is 2.37. The van der Waals surface area contributed by atoms with Gasteiger partial charge in [-0.25, -0.2) is 9.78 Å². The number of methoxy groups -OCH3 is 1. The topological polar surface area (TPSA) is 51.7 Å². The highest BCUT2D eigenvalue weighted by atomic mass is 16.5. The molecule has 0 bridgehead atoms. The summed E-state index contributed by atoms with van der Waals surface area (Å²) in [4.78, 5) is 18.0. The standard InChI is InChI=1S/C13H18N2O3/c1-9-6-11(13(16)17-3)14-12(7-9)15-4-5-18-10(2)8-15/h6-7,10H,4-5,8H2,1-3H3/t10-/m1/s1. The monoisotopic (exact) mass is 250 g/mol. The lowest BCUT2D eigenvalue weighted by molar-refractivity contribution is 0.0528. The molecule has 0 unspecified atom stereocenters. The molecule has 1 aliphatic rings. The van der Waals surface area contributed by atoms with Gasteiger partial charge in [0.1, 0.15) is 5.82 Å². The van der Waals surface area contributed by atoms with Gasteiger partial charge in [-0.1, -0.05) is 0 Å². The molecule has 1 aromatic rings. The summed E-state index contributed by atoms with van der Waals surface area (Å²) in [5.41, 5.74) is 1.35. The van der Waals surface area contributed by atoms with Gasteiger partial charge in [-0.05, 0) is 31.5 Å². The van der Waals surface area contributed by atoms with E-state index in [0.717, 1.165) is 24.5 Å². The number of carbonyl (C=O) groups is 1. The third kappa shape index (κ3) is 2.79. The van der Waals surface area contributed by atoms with E-state index in [0.29, 0.717) is 12.3 Å². The van der Waals surface area contributed by atoms with Crippen molar-refractivity contribution in [3.8, 4) is 0 Å². The van der Waals surface area contributed by atoms with Gasteiger partial charge in [0.05, 0.1) is 19.8 Å². The third-order valence-corrected chi connectivity index (χ3v) is 2.92. The summed E-state index contributed by atoms with van der Waals surface area (Å²) >= 11 is 0. The smallest absolute Gasteiger partial charge is 0.356 e. The van der Waals surface area contributed by atoms with Crippen molar-refractivity contribution in [3.05, 3.63) is 23.4 Å². The molecule has 0 amide bonds. The molecule has 1 saturated heterocycles. The van der Waals surface area contributed by atoms with E-state index in [1.54, 1.807) is 6.07 Å². The van der Waals surface area contributed by atoms with Crippen LogP contribution in [-0.4, -0.2) is 43.9 Å². The van der Waals surface area contributed by atoms with Crippen LogP contribution in [0.2, 0.25) is 0 Å². The van der Waals surface area contributed by atoms with Gasteiger partial charge in [0.15, 0.2) is 5.69 Å². The molecule has 0 spiro atoms. The van der Waals surface area contributed by atoms with Gasteiger partial charge in [-0.3, -0.25) is 0 Å². The maximum Gasteiger partial charge on any atom is 0.356 e. The number of hydrogen-bond donors (Lipinski definition) is 0. The minimum absolute atomic E-state index is 0.183. The van der Waals surface area contributed by atoms with E-state index in [1.165, 1.54) is 7.11 Å². The Morgan fingerprint density at radius 3 is 3.00 bits per heavy atom. The van der Waals surface area contributed by atoms with Gasteiger partial charge in [-0.2, -0.15) is 0 Å². The molecule has 2 heterocycles. The molecular weight excluding hydrogens is 232 g/mol. The van der Waals surface area contributed by atoms with Crippen LogP contribution in [0, 0.1) is 6.92 Å². The van der Waals surface area contributed by atoms with Gasteiger partial charge in [0, 0.05) is 13.1 Å². The number of rotatable bonds is 2. The Kier molecular flexibility index (Phi) is 3.81. The number of aromatic nitrogens is 1. The van der Waals surface area contributed by atoms with Crippen LogP contribution in [0.5, 0.6) is 0 Å². The highest BCUT2D eigenvalue weighted by Crippen LogP contribution is 2.18. The molecule has 0 saturated carbocycles. The molecule has 1 atom stereocenters. The lowest BCUT2D eigenvalue weighted by atomic mass is 10.2. The van der Waals surface area contributed by atoms with Crippen LogP contribution in [0.4, 0.5) is 5.82 Å². The van der Waals surface area contributed by atoms with Gasteiger partial charge < -0.3 is 14.4 Å². The van der Waals surface area contributed by atoms with E-state index >= 15 is 0 Å². The van der Waals surface area contributed by atoms with E-state index in [-0.39, 0.29) is 6.10 Å². The number of carbonyl (C=O) groups excluding carboxylic acids is 1. The Hall–Kier alpha value is -1.62. The minimum Gasteiger partial charge on any atom is -0.464 e. The van der Waals surface area contributed by atoms with E-state index in [4.69, 9.17) is 9.47 Å². The summed E-state index contributed by atoms with van der Waals surface area (Å²) in [6.45, 7) is 6.24. The molecular formula is C13H18N2O3. The summed E-state index contributed by atoms with van der Waals surface area (Å²) in [5.74, 6) is 0.409. The van der Waals surface area contributed by atoms with E-state index in [9.17, 15) is 4.79 Å². The molecule has 2 rings (SSSR count). The second-order valence-corrected chi connectivity index (χ2v) is 4.51. The Balaban J connectivity index is 2.27. The van der Waals surface area contributed by atoms with Crippen molar-refractivity contribution in [2.24, 2.45) is 0 Å². The second-order valence-electron chi connectivity index (χ2n) is 4.51. The Morgan fingerprint density at radius 2 is 2.33 bits per heavy atom. The van der Waals surface area contributed by atoms with Gasteiger partial charge >= 0.3 is 5.97 Å². The van der Waals surface area contributed by atoms with E-state index in [2.05, 4.69) is 9.88 Å². The number of esters is 1. The number of aryl methyl sites for hydroxylation is 1. The van der Waals surface area contributed by atoms with Crippen molar-refractivity contribution < 1.29 is 14.3 Å². The first kappa shape index (κ1) is 12.8. The van der Waals surface area contributed by atoms with Crippen LogP contribution < -0.4 is 4.90 Å². The normalized spacial score (nSPS) is 19.7. The first-order valence-corrected chi connectivity index (χ1v) is 6.03. The van der Waals surface area contributed by atoms with Crippen molar-refractivity contribution in [2.45, 2.75) is 20.0 Å². The van der Waals surface area contributed by atoms with Crippen LogP contribution in [0.25, 0.3) is 0 Å². The zero-order valence-electron chi connectivity index (χ0n) is 11.0. The summed E-state index contributed by atoms with van der Waals surface area (Å²) in [6, 6.07) is 3.71. The van der Waals surface area contributed by atoms with E-state index < -0.39 is 5.97 Å². The zero-order chi connectivity index (χ0) is 13.1. The molecule has 1 aliphatic heterocycles. The number of anilines is 1. The molecule has 1 aromatic heterocycles. The minimum atomic E-state index is -0.402. The highest BCUT2D eigenvalue weighted by molar-refractivity contribution is 5.87. The molecule has 0 aliphatic carbocycles. The maximum absolute atomic E-state index is 11.5. The fourth-order valence-corrected chi connectivity index (χ4v) is 2.05. The number of hydrogen-bond acceptors (Lipinski definition) is 5. The van der Waals surface area contributed by atoms with Crippen LogP contribution in [-0.2, 0) is 9.47 Å². The number of pyridine rings is 1. The van der Waals surface area contributed by atoms with Crippen molar-refractivity contribution in [1.29, 1.82) is 0 Å². The molecule has 0 aromatic carbocycles. The average molecular weight is 250 g/mol. The van der Waals surface area contributed by atoms with E-state index in [1.807, 2.05) is 19.9 Å². The molecule has 5 nitrogen and oxygen atoms in total. The number of ether oxygens (including phenoxy) is 2. The first-order chi connectivity index (χ1) is 8.60. The van der Waals surface area contributed by atoms with Crippen LogP contribution >= 0.6 is 0 Å². The van der Waals surface area contributed by atoms with Gasteiger partial charge in [-0.15, -0.1) is 0 Å². The molecule has 0 N–H and O–H groups in total. The van der Waals surface area contributed by atoms with Crippen molar-refractivity contribution >= 4 is 11.8 Å². The van der Waals surface area contributed by atoms with Crippen molar-refractivity contribution in [3.63, 3.8) is 0 Å². The molecule has 1 fully saturated rings. The number of morpholine rings is 1. The fourth-order valence-electron chi connectivity index (χ4n) is 2.05.